The van der Waals surface area contributed by atoms with Crippen molar-refractivity contribution in [2.24, 2.45) is 10.4 Å². The molecule has 0 radical (unpaired) electrons. The maximum Gasteiger partial charge on any atom is 0.0978 e. The Balaban J connectivity index is 2.68. The van der Waals surface area contributed by atoms with E-state index in [1.54, 1.807) is 19.2 Å². The molecule has 186 valence electrons. The van der Waals surface area contributed by atoms with Crippen LogP contribution in [0.3, 0.4) is 0 Å². The predicted molar refractivity (Wildman–Crippen MR) is 152 cm³/mol. The first-order valence-corrected chi connectivity index (χ1v) is 12.8. The van der Waals surface area contributed by atoms with Gasteiger partial charge in [0.2, 0.25) is 0 Å². The van der Waals surface area contributed by atoms with Crippen molar-refractivity contribution in [2.45, 2.75) is 65.1 Å². The Labute approximate surface area is 221 Å². The van der Waals surface area contributed by atoms with E-state index >= 15 is 0 Å². The molecule has 0 N–H and O–H groups in total. The zero-order valence-corrected chi connectivity index (χ0v) is 23.1. The number of allylic oxidation sites excluding steroid dienone is 6. The van der Waals surface area contributed by atoms with Crippen LogP contribution in [0.4, 0.5) is 0 Å². The third-order valence-electron chi connectivity index (χ3n) is 6.82. The Bertz CT molecular complexity index is 1090. The summed E-state index contributed by atoms with van der Waals surface area (Å²) >= 11 is 13.5. The predicted octanol–water partition coefficient (Wildman–Crippen LogP) is 8.61. The molecular formula is C30H37Cl2N3. The lowest BCUT2D eigenvalue weighted by Crippen LogP contribution is -2.43. The van der Waals surface area contributed by atoms with Crippen molar-refractivity contribution in [3.63, 3.8) is 0 Å². The van der Waals surface area contributed by atoms with E-state index in [-0.39, 0.29) is 18.1 Å². The topological polar surface area (TPSA) is 39.4 Å². The number of nitrogens with zero attached hydrogens (tertiary/aromatic N) is 3. The van der Waals surface area contributed by atoms with E-state index in [2.05, 4.69) is 42.1 Å². The van der Waals surface area contributed by atoms with Crippen LogP contribution in [0.2, 0.25) is 5.02 Å². The van der Waals surface area contributed by atoms with Crippen molar-refractivity contribution in [1.82, 2.24) is 4.90 Å². The van der Waals surface area contributed by atoms with Gasteiger partial charge in [0, 0.05) is 29.2 Å². The fourth-order valence-electron chi connectivity index (χ4n) is 5.33. The molecule has 0 bridgehead atoms. The van der Waals surface area contributed by atoms with E-state index in [9.17, 15) is 5.26 Å². The van der Waals surface area contributed by atoms with Crippen LogP contribution in [0.5, 0.6) is 0 Å². The molecule has 1 aromatic rings. The second kappa shape index (κ2) is 13.1. The van der Waals surface area contributed by atoms with Gasteiger partial charge in [-0.05, 0) is 69.7 Å². The van der Waals surface area contributed by atoms with Crippen LogP contribution in [0, 0.1) is 16.7 Å². The summed E-state index contributed by atoms with van der Waals surface area (Å²) in [6.07, 6.45) is 12.0. The fourth-order valence-corrected chi connectivity index (χ4v) is 5.73. The molecular weight excluding hydrogens is 473 g/mol. The molecule has 5 heteroatoms. The Hall–Kier alpha value is -2.38. The highest BCUT2D eigenvalue weighted by molar-refractivity contribution is 6.32. The molecule has 1 aliphatic heterocycles. The molecule has 0 amide bonds. The number of rotatable bonds is 10. The first-order chi connectivity index (χ1) is 16.7. The lowest BCUT2D eigenvalue weighted by atomic mass is 9.76. The minimum atomic E-state index is -0.761. The van der Waals surface area contributed by atoms with Crippen LogP contribution in [0.25, 0.3) is 0 Å². The number of halogens is 2. The van der Waals surface area contributed by atoms with Crippen LogP contribution < -0.4 is 0 Å². The summed E-state index contributed by atoms with van der Waals surface area (Å²) in [6, 6.07) is 10.7. The van der Waals surface area contributed by atoms with Gasteiger partial charge < -0.3 is 0 Å². The monoisotopic (exact) mass is 509 g/mol. The van der Waals surface area contributed by atoms with Crippen LogP contribution in [-0.4, -0.2) is 29.7 Å². The molecule has 1 fully saturated rings. The van der Waals surface area contributed by atoms with E-state index in [0.29, 0.717) is 16.5 Å². The number of hydrogen-bond acceptors (Lipinski definition) is 3. The maximum atomic E-state index is 10.4. The van der Waals surface area contributed by atoms with Gasteiger partial charge in [-0.25, -0.2) is 0 Å². The van der Waals surface area contributed by atoms with Crippen LogP contribution >= 0.6 is 23.2 Å². The second-order valence-corrected chi connectivity index (χ2v) is 10.1. The number of hydrogen-bond donors (Lipinski definition) is 0. The quantitative estimate of drug-likeness (QED) is 0.233. The molecule has 0 aromatic heterocycles. The smallest absolute Gasteiger partial charge is 0.0978 e. The van der Waals surface area contributed by atoms with Crippen molar-refractivity contribution in [3.8, 4) is 6.07 Å². The largest absolute Gasteiger partial charge is 0.291 e. The summed E-state index contributed by atoms with van der Waals surface area (Å²) in [5.41, 5.74) is 2.93. The van der Waals surface area contributed by atoms with E-state index in [4.69, 9.17) is 23.2 Å². The zero-order valence-electron chi connectivity index (χ0n) is 21.6. The Morgan fingerprint density at radius 3 is 2.57 bits per heavy atom. The Morgan fingerprint density at radius 2 is 2.03 bits per heavy atom. The number of benzene rings is 1. The molecule has 4 atom stereocenters. The van der Waals surface area contributed by atoms with Crippen molar-refractivity contribution in [2.75, 3.05) is 7.05 Å². The molecule has 0 aliphatic carbocycles. The molecule has 1 aliphatic rings. The van der Waals surface area contributed by atoms with E-state index in [1.807, 2.05) is 57.2 Å². The molecule has 1 heterocycles. The number of nitriles is 1. The minimum absolute atomic E-state index is 0.124. The van der Waals surface area contributed by atoms with Crippen molar-refractivity contribution in [3.05, 3.63) is 94.6 Å². The third-order valence-corrected chi connectivity index (χ3v) is 7.54. The van der Waals surface area contributed by atoms with Gasteiger partial charge in [-0.15, -0.1) is 0 Å². The molecule has 35 heavy (non-hydrogen) atoms. The fraction of sp³-hybridized carbons (Fsp3) is 0.400. The van der Waals surface area contributed by atoms with E-state index in [0.717, 1.165) is 35.3 Å². The van der Waals surface area contributed by atoms with Gasteiger partial charge in [-0.1, -0.05) is 84.9 Å². The second-order valence-electron chi connectivity index (χ2n) is 9.26. The summed E-state index contributed by atoms with van der Waals surface area (Å²) in [5, 5.41) is 11.6. The lowest BCUT2D eigenvalue weighted by Gasteiger charge is -2.40. The summed E-state index contributed by atoms with van der Waals surface area (Å²) in [6.45, 7) is 15.9. The first-order valence-electron chi connectivity index (χ1n) is 12.0. The van der Waals surface area contributed by atoms with Gasteiger partial charge >= 0.3 is 0 Å². The van der Waals surface area contributed by atoms with E-state index in [1.165, 1.54) is 0 Å². The average molecular weight is 511 g/mol. The molecule has 3 nitrogen and oxygen atoms in total. The highest BCUT2D eigenvalue weighted by Crippen LogP contribution is 2.45. The van der Waals surface area contributed by atoms with Gasteiger partial charge in [-0.3, -0.25) is 9.89 Å². The van der Waals surface area contributed by atoms with E-state index < -0.39 is 5.41 Å². The molecule has 1 aromatic carbocycles. The number of likely N-dealkylation sites (tertiary alicyclic amines) is 1. The summed E-state index contributed by atoms with van der Waals surface area (Å²) in [4.78, 5) is 7.03. The maximum absolute atomic E-state index is 10.4. The summed E-state index contributed by atoms with van der Waals surface area (Å²) in [5.74, 6) is 0. The van der Waals surface area contributed by atoms with Crippen molar-refractivity contribution >= 4 is 28.9 Å². The van der Waals surface area contributed by atoms with Gasteiger partial charge in [0.15, 0.2) is 0 Å². The van der Waals surface area contributed by atoms with Crippen molar-refractivity contribution in [1.29, 1.82) is 5.26 Å². The van der Waals surface area contributed by atoms with Crippen molar-refractivity contribution < 1.29 is 0 Å². The Morgan fingerprint density at radius 1 is 1.34 bits per heavy atom. The molecule has 0 saturated carbocycles. The molecule has 0 spiro atoms. The highest BCUT2D eigenvalue weighted by atomic mass is 35.5. The number of aliphatic imine (C=N–C) groups is 1. The minimum Gasteiger partial charge on any atom is -0.291 e. The van der Waals surface area contributed by atoms with Gasteiger partial charge in [-0.2, -0.15) is 5.26 Å². The van der Waals surface area contributed by atoms with Crippen LogP contribution in [-0.2, 0) is 0 Å². The molecule has 2 rings (SSSR count). The van der Waals surface area contributed by atoms with Crippen LogP contribution in [0.1, 0.15) is 58.6 Å². The first kappa shape index (κ1) is 28.9. The lowest BCUT2D eigenvalue weighted by molar-refractivity contribution is 0.140. The van der Waals surface area contributed by atoms with Gasteiger partial charge in [0.1, 0.15) is 0 Å². The molecule has 1 saturated heterocycles. The zero-order chi connectivity index (χ0) is 26.2. The van der Waals surface area contributed by atoms with Gasteiger partial charge in [0.25, 0.3) is 0 Å². The standard InChI is InChI=1S/C30H37Cl2N3/c1-8-13-21(4)29(34-7)30(6,20-33)19-23-18-17-22(5)35(23)28(24(14-9-2)26(31)10-3)25-15-11-12-16-27(25)32/h8-16,22-23,28H,1,3,17-19H2,2,4-7H3/b14-9-,21-13-,26-24-,34-29?. The SMILES string of the molecule is C=C/C=C(/C)C(=NC)C(C)(C#N)CC1CCC(C)N1C(C(/C=C\C)=C(\Cl)C=C)c1ccccc1Cl. The summed E-state index contributed by atoms with van der Waals surface area (Å²) in [7, 11) is 1.75. The van der Waals surface area contributed by atoms with Crippen LogP contribution in [0.15, 0.2) is 89.0 Å². The highest BCUT2D eigenvalue weighted by Gasteiger charge is 2.43. The molecule has 4 unspecified atom stereocenters. The third kappa shape index (κ3) is 6.44. The normalized spacial score (nSPS) is 22.9. The Kier molecular flexibility index (Phi) is 10.8. The summed E-state index contributed by atoms with van der Waals surface area (Å²) < 4.78 is 0. The van der Waals surface area contributed by atoms with Gasteiger partial charge in [0.05, 0.1) is 23.2 Å². The average Bonchev–Trinajstić information content (AvgIpc) is 3.19.